The molecule has 4 aliphatic carbocycles. The summed E-state index contributed by atoms with van der Waals surface area (Å²) < 4.78 is 0. The van der Waals surface area contributed by atoms with Crippen LogP contribution in [0.3, 0.4) is 0 Å². The Kier molecular flexibility index (Phi) is 12.7. The van der Waals surface area contributed by atoms with Gasteiger partial charge in [-0.1, -0.05) is 204 Å². The summed E-state index contributed by atoms with van der Waals surface area (Å²) in [7, 11) is 0. The van der Waals surface area contributed by atoms with Crippen LogP contribution in [0.1, 0.15) is 184 Å². The number of para-hydroxylation sites is 4. The topological polar surface area (TPSA) is 13.0 Å². The smallest absolute Gasteiger partial charge is 0.0523 e. The molecule has 104 heavy (non-hydrogen) atoms. The molecule has 8 unspecified atom stereocenters. The maximum Gasteiger partial charge on any atom is 0.0523 e. The lowest BCUT2D eigenvalue weighted by Gasteiger charge is -2.42. The van der Waals surface area contributed by atoms with E-state index in [1.54, 1.807) is 0 Å². The van der Waals surface area contributed by atoms with E-state index in [0.717, 1.165) is 51.4 Å². The first-order valence-electron chi connectivity index (χ1n) is 39.2. The van der Waals surface area contributed by atoms with E-state index in [1.165, 1.54) is 145 Å². The van der Waals surface area contributed by atoms with E-state index < -0.39 is 0 Å². The fraction of sp³-hybridized carbons (Fsp3) is 0.360. The molecule has 4 nitrogen and oxygen atoms in total. The summed E-state index contributed by atoms with van der Waals surface area (Å²) in [5.41, 5.74) is 26.4. The summed E-state index contributed by atoms with van der Waals surface area (Å²) in [5, 5.41) is 7.94. The van der Waals surface area contributed by atoms with E-state index in [0.29, 0.717) is 0 Å². The highest BCUT2D eigenvalue weighted by atomic mass is 15.3. The molecule has 0 aromatic heterocycles. The number of rotatable bonds is 8. The highest BCUT2D eigenvalue weighted by Crippen LogP contribution is 2.72. The molecule has 0 amide bonds. The Bertz CT molecular complexity index is 4940. The van der Waals surface area contributed by atoms with Gasteiger partial charge in [0.25, 0.3) is 0 Å². The predicted molar refractivity (Wildman–Crippen MR) is 441 cm³/mol. The summed E-state index contributed by atoms with van der Waals surface area (Å²) >= 11 is 0. The second kappa shape index (κ2) is 20.5. The molecule has 8 aliphatic rings. The molecule has 12 aromatic carbocycles. The zero-order valence-electron chi connectivity index (χ0n) is 64.4. The van der Waals surface area contributed by atoms with Gasteiger partial charge in [-0.2, -0.15) is 0 Å². The molecule has 4 fully saturated rings. The minimum Gasteiger partial charge on any atom is -0.334 e. The Morgan fingerprint density at radius 3 is 0.615 bits per heavy atom. The van der Waals surface area contributed by atoms with Crippen molar-refractivity contribution < 1.29 is 0 Å². The van der Waals surface area contributed by atoms with Crippen LogP contribution in [0.5, 0.6) is 0 Å². The van der Waals surface area contributed by atoms with Crippen molar-refractivity contribution in [1.29, 1.82) is 0 Å². The Balaban J connectivity index is 0.881. The first kappa shape index (κ1) is 64.5. The minimum absolute atomic E-state index is 0.108. The molecule has 0 bridgehead atoms. The van der Waals surface area contributed by atoms with Crippen molar-refractivity contribution >= 4 is 77.8 Å². The summed E-state index contributed by atoms with van der Waals surface area (Å²) in [4.78, 5) is 10.9. The van der Waals surface area contributed by atoms with Gasteiger partial charge in [0.1, 0.15) is 0 Å². The molecule has 0 saturated heterocycles. The van der Waals surface area contributed by atoms with E-state index in [-0.39, 0.29) is 65.5 Å². The summed E-state index contributed by atoms with van der Waals surface area (Å²) in [5.74, 6) is 0. The maximum absolute atomic E-state index is 2.74. The van der Waals surface area contributed by atoms with Gasteiger partial charge in [-0.05, 0) is 309 Å². The summed E-state index contributed by atoms with van der Waals surface area (Å²) in [6.45, 7) is 40.8. The first-order chi connectivity index (χ1) is 49.4. The zero-order chi connectivity index (χ0) is 71.8. The highest BCUT2D eigenvalue weighted by molar-refractivity contribution is 6.32. The fourth-order valence-electron chi connectivity index (χ4n) is 26.6. The molecule has 12 aromatic rings. The number of benzene rings is 12. The van der Waals surface area contributed by atoms with E-state index in [9.17, 15) is 0 Å². The van der Waals surface area contributed by atoms with E-state index in [1.807, 2.05) is 0 Å². The van der Waals surface area contributed by atoms with Crippen LogP contribution in [-0.4, -0.2) is 22.2 Å². The van der Waals surface area contributed by atoms with Crippen LogP contribution in [0.2, 0.25) is 0 Å². The van der Waals surface area contributed by atoms with Crippen molar-refractivity contribution in [2.45, 2.75) is 206 Å². The molecule has 4 saturated carbocycles. The lowest BCUT2D eigenvalue weighted by Crippen LogP contribution is -2.49. The Morgan fingerprint density at radius 2 is 0.413 bits per heavy atom. The third-order valence-corrected chi connectivity index (χ3v) is 29.9. The fourth-order valence-corrected chi connectivity index (χ4v) is 26.6. The molecule has 0 spiro atoms. The molecule has 0 radical (unpaired) electrons. The van der Waals surface area contributed by atoms with Crippen molar-refractivity contribution in [1.82, 2.24) is 0 Å². The van der Waals surface area contributed by atoms with Crippen LogP contribution < -0.4 is 19.6 Å². The van der Waals surface area contributed by atoms with Crippen molar-refractivity contribution in [2.75, 3.05) is 19.6 Å². The average molecular weight is 1360 g/mol. The average Bonchev–Trinajstić information content (AvgIpc) is 1.45. The lowest BCUT2D eigenvalue weighted by molar-refractivity contribution is 0.330. The SMILES string of the molecule is CC1(C)CC2(C)c3cc(-c4cc(-c5ccc6c(c5)C5(C)CC(C)(C)CC5(C)N6c5ccccc5)c5ccc6c(-c7ccc8c(c7)C7(C)CC(C)(C)CC7(C)N8c7ccccc7)cc(-c7ccc8c(c7)C7(C)CC(C)(C)CC7(C)N8c7ccccc7)c7ccc4c5c76)ccc3N(c3ccccc3)C2(C)C1. The van der Waals surface area contributed by atoms with Gasteiger partial charge in [-0.15, -0.1) is 0 Å². The van der Waals surface area contributed by atoms with E-state index >= 15 is 0 Å². The predicted octanol–water partition coefficient (Wildman–Crippen LogP) is 27.2. The zero-order valence-corrected chi connectivity index (χ0v) is 64.4. The minimum atomic E-state index is -0.125. The van der Waals surface area contributed by atoms with Gasteiger partial charge in [-0.25, -0.2) is 0 Å². The molecule has 20 rings (SSSR count). The molecule has 4 heterocycles. The summed E-state index contributed by atoms with van der Waals surface area (Å²) in [6.07, 6.45) is 8.88. The van der Waals surface area contributed by atoms with Crippen molar-refractivity contribution in [3.8, 4) is 44.5 Å². The third kappa shape index (κ3) is 8.22. The van der Waals surface area contributed by atoms with Crippen LogP contribution >= 0.6 is 0 Å². The van der Waals surface area contributed by atoms with Gasteiger partial charge in [-0.3, -0.25) is 0 Å². The lowest BCUT2D eigenvalue weighted by atomic mass is 9.71. The van der Waals surface area contributed by atoms with Crippen LogP contribution in [0.15, 0.2) is 231 Å². The quantitative estimate of drug-likeness (QED) is 0.141. The van der Waals surface area contributed by atoms with Crippen LogP contribution in [0.4, 0.5) is 45.5 Å². The van der Waals surface area contributed by atoms with Gasteiger partial charge in [0.2, 0.25) is 0 Å². The van der Waals surface area contributed by atoms with Gasteiger partial charge >= 0.3 is 0 Å². The van der Waals surface area contributed by atoms with Crippen molar-refractivity contribution in [2.24, 2.45) is 21.7 Å². The number of fused-ring (bicyclic) bond motifs is 12. The van der Waals surface area contributed by atoms with Crippen molar-refractivity contribution in [3.05, 3.63) is 253 Å². The van der Waals surface area contributed by atoms with Crippen LogP contribution in [0, 0.1) is 21.7 Å². The van der Waals surface area contributed by atoms with Crippen LogP contribution in [-0.2, 0) is 21.7 Å². The molecule has 0 N–H and O–H groups in total. The summed E-state index contributed by atoms with van der Waals surface area (Å²) in [6, 6.07) is 91.4. The molecule has 8 atom stereocenters. The number of nitrogens with zero attached hydrogens (tertiary/aromatic N) is 4. The third-order valence-electron chi connectivity index (χ3n) is 29.9. The number of hydrogen-bond acceptors (Lipinski definition) is 4. The van der Waals surface area contributed by atoms with Crippen molar-refractivity contribution in [3.63, 3.8) is 0 Å². The number of anilines is 8. The molecule has 522 valence electrons. The van der Waals surface area contributed by atoms with Gasteiger partial charge in [0.05, 0.1) is 22.2 Å². The van der Waals surface area contributed by atoms with Gasteiger partial charge < -0.3 is 19.6 Å². The number of hydrogen-bond donors (Lipinski definition) is 0. The standard InChI is InChI=1S/C100H102N4/c1-89(2)55-93(9)79-49-63(37-45-83(79)101(97(93,13)59-89)67-29-21-17-22-30-67)75-53-76(64-38-46-84-80(50-64)94(10)56-90(3,4)60-98(94,14)102(84)68-31-23-18-24-32-68)72-43-44-74-78(66-40-48-86-82(52-66)96(12)58-92(7,8)62-100(96,16)104(86)70-35-27-20-28-36-70)54-77(73-42-41-71(75)87(72)88(73)74)65-39-47-85-81(51-65)95(11)57-91(5,6)61-99(95,15)103(85)69-33-25-19-26-34-69/h17-54H,55-62H2,1-16H3. The maximum atomic E-state index is 2.74. The molecular formula is C100H102N4. The van der Waals surface area contributed by atoms with Gasteiger partial charge in [0.15, 0.2) is 0 Å². The second-order valence-corrected chi connectivity index (χ2v) is 39.1. The molecular weight excluding hydrogens is 1260 g/mol. The van der Waals surface area contributed by atoms with E-state index in [4.69, 9.17) is 0 Å². The first-order valence-corrected chi connectivity index (χ1v) is 39.2. The molecule has 4 aliphatic heterocycles. The normalized spacial score (nSPS) is 29.6. The monoisotopic (exact) mass is 1360 g/mol. The van der Waals surface area contributed by atoms with Crippen LogP contribution in [0.25, 0.3) is 76.8 Å². The Hall–Kier alpha value is -9.12. The largest absolute Gasteiger partial charge is 0.334 e. The highest BCUT2D eigenvalue weighted by Gasteiger charge is 2.68. The Morgan fingerprint density at radius 1 is 0.212 bits per heavy atom. The Labute approximate surface area is 618 Å². The van der Waals surface area contributed by atoms with E-state index in [2.05, 4.69) is 361 Å². The molecule has 4 heteroatoms. The second-order valence-electron chi connectivity index (χ2n) is 39.1. The van der Waals surface area contributed by atoms with Gasteiger partial charge in [0, 0.05) is 67.2 Å².